The van der Waals surface area contributed by atoms with Crippen LogP contribution in [-0.4, -0.2) is 41.5 Å². The second kappa shape index (κ2) is 9.09. The lowest BCUT2D eigenvalue weighted by molar-refractivity contribution is -0.126. The highest BCUT2D eigenvalue weighted by molar-refractivity contribution is 5.82. The molecule has 0 aliphatic carbocycles. The number of nitrogens with one attached hydrogen (secondary N) is 1. The second-order valence-electron chi connectivity index (χ2n) is 8.64. The Hall–Kier alpha value is -3.25. The Morgan fingerprint density at radius 3 is 2.69 bits per heavy atom. The average Bonchev–Trinajstić information content (AvgIpc) is 2.84. The summed E-state index contributed by atoms with van der Waals surface area (Å²) < 4.78 is 13.3. The maximum absolute atomic E-state index is 13.3. The third-order valence-electron chi connectivity index (χ3n) is 6.55. The van der Waals surface area contributed by atoms with Crippen LogP contribution >= 0.6 is 0 Å². The van der Waals surface area contributed by atoms with Crippen molar-refractivity contribution >= 4 is 11.6 Å². The van der Waals surface area contributed by atoms with Gasteiger partial charge in [0.2, 0.25) is 5.91 Å². The van der Waals surface area contributed by atoms with Gasteiger partial charge in [-0.1, -0.05) is 36.4 Å². The minimum Gasteiger partial charge on any atom is -0.365 e. The monoisotopic (exact) mass is 430 g/mol. The Kier molecular flexibility index (Phi) is 5.86. The van der Waals surface area contributed by atoms with E-state index < -0.39 is 0 Å². The zero-order valence-electron chi connectivity index (χ0n) is 18.0. The van der Waals surface area contributed by atoms with E-state index in [4.69, 9.17) is 0 Å². The minimum absolute atomic E-state index is 0.0852. The van der Waals surface area contributed by atoms with Crippen LogP contribution in [0.15, 0.2) is 73.1 Å². The van der Waals surface area contributed by atoms with Crippen molar-refractivity contribution in [3.05, 3.63) is 95.6 Å². The number of piperazine rings is 1. The highest BCUT2D eigenvalue weighted by Crippen LogP contribution is 2.36. The zero-order valence-corrected chi connectivity index (χ0v) is 18.0. The molecule has 2 aliphatic rings. The van der Waals surface area contributed by atoms with E-state index in [1.165, 1.54) is 23.4 Å². The number of carbonyl (C=O) groups is 1. The molecule has 0 unspecified atom stereocenters. The number of anilines is 1. The van der Waals surface area contributed by atoms with Crippen LogP contribution < -0.4 is 10.2 Å². The summed E-state index contributed by atoms with van der Waals surface area (Å²) in [5.41, 5.74) is 4.57. The molecule has 164 valence electrons. The van der Waals surface area contributed by atoms with Crippen molar-refractivity contribution in [2.24, 2.45) is 5.92 Å². The molecule has 0 spiro atoms. The first-order valence-electron chi connectivity index (χ1n) is 11.2. The van der Waals surface area contributed by atoms with Gasteiger partial charge in [0.1, 0.15) is 5.82 Å². The van der Waals surface area contributed by atoms with E-state index in [0.717, 1.165) is 43.7 Å². The molecule has 2 atom stereocenters. The largest absolute Gasteiger partial charge is 0.365 e. The second-order valence-corrected chi connectivity index (χ2v) is 8.64. The predicted molar refractivity (Wildman–Crippen MR) is 123 cm³/mol. The lowest BCUT2D eigenvalue weighted by Gasteiger charge is -2.49. The number of nitrogens with zero attached hydrogens (tertiary/aromatic N) is 3. The molecular weight excluding hydrogens is 403 g/mol. The summed E-state index contributed by atoms with van der Waals surface area (Å²) in [6.07, 6.45) is 4.26. The number of aromatic nitrogens is 1. The number of halogens is 1. The lowest BCUT2D eigenvalue weighted by atomic mass is 9.83. The fraction of sp³-hybridized carbons (Fsp3) is 0.308. The van der Waals surface area contributed by atoms with Gasteiger partial charge in [-0.3, -0.25) is 14.7 Å². The summed E-state index contributed by atoms with van der Waals surface area (Å²) in [4.78, 5) is 22.2. The van der Waals surface area contributed by atoms with Gasteiger partial charge in [0.05, 0.1) is 12.0 Å². The first-order valence-corrected chi connectivity index (χ1v) is 11.2. The Bertz CT molecular complexity index is 1070. The van der Waals surface area contributed by atoms with E-state index in [9.17, 15) is 9.18 Å². The van der Waals surface area contributed by atoms with Crippen molar-refractivity contribution in [3.63, 3.8) is 0 Å². The summed E-state index contributed by atoms with van der Waals surface area (Å²) in [6.45, 7) is 3.82. The Balaban J connectivity index is 1.34. The molecule has 3 heterocycles. The SMILES string of the molecule is O=C(NCc1cccnc1)[C@H]1Cc2ccccc2N2CCN(Cc3ccc(F)cc3)C[C@@H]12. The Labute approximate surface area is 187 Å². The van der Waals surface area contributed by atoms with Crippen LogP contribution in [0.25, 0.3) is 0 Å². The molecule has 0 radical (unpaired) electrons. The maximum atomic E-state index is 13.3. The van der Waals surface area contributed by atoms with Crippen LogP contribution in [0.4, 0.5) is 10.1 Å². The molecule has 1 amide bonds. The maximum Gasteiger partial charge on any atom is 0.225 e. The Morgan fingerprint density at radius 2 is 1.88 bits per heavy atom. The van der Waals surface area contributed by atoms with Crippen molar-refractivity contribution < 1.29 is 9.18 Å². The number of carbonyl (C=O) groups excluding carboxylic acids is 1. The zero-order chi connectivity index (χ0) is 21.9. The molecule has 3 aromatic rings. The summed E-state index contributed by atoms with van der Waals surface area (Å²) >= 11 is 0. The van der Waals surface area contributed by atoms with Crippen LogP contribution in [0.3, 0.4) is 0 Å². The van der Waals surface area contributed by atoms with Gasteiger partial charge in [-0.25, -0.2) is 4.39 Å². The summed E-state index contributed by atoms with van der Waals surface area (Å²) in [6, 6.07) is 19.1. The normalized spacial score (nSPS) is 20.3. The fourth-order valence-electron chi connectivity index (χ4n) is 4.93. The molecular formula is C26H27FN4O. The van der Waals surface area contributed by atoms with Gasteiger partial charge in [0.25, 0.3) is 0 Å². The van der Waals surface area contributed by atoms with Crippen LogP contribution in [0, 0.1) is 11.7 Å². The first kappa shape index (κ1) is 20.6. The quantitative estimate of drug-likeness (QED) is 0.674. The summed E-state index contributed by atoms with van der Waals surface area (Å²) in [5, 5.41) is 3.14. The van der Waals surface area contributed by atoms with Crippen molar-refractivity contribution in [2.75, 3.05) is 24.5 Å². The van der Waals surface area contributed by atoms with Gasteiger partial charge >= 0.3 is 0 Å². The molecule has 1 N–H and O–H groups in total. The van der Waals surface area contributed by atoms with Gasteiger partial charge in [-0.15, -0.1) is 0 Å². The van der Waals surface area contributed by atoms with E-state index in [1.807, 2.05) is 24.3 Å². The van der Waals surface area contributed by atoms with Crippen LogP contribution in [0.1, 0.15) is 16.7 Å². The van der Waals surface area contributed by atoms with Crippen LogP contribution in [0.2, 0.25) is 0 Å². The molecule has 6 heteroatoms. The minimum atomic E-state index is -0.215. The Morgan fingerprint density at radius 1 is 1.03 bits per heavy atom. The smallest absolute Gasteiger partial charge is 0.225 e. The predicted octanol–water partition coefficient (Wildman–Crippen LogP) is 3.40. The number of pyridine rings is 1. The standard InChI is InChI=1S/C26H27FN4O/c27-22-9-7-19(8-10-22)17-30-12-13-31-24-6-2-1-5-21(24)14-23(25(31)18-30)26(32)29-16-20-4-3-11-28-15-20/h1-11,15,23,25H,12-14,16-18H2,(H,29,32)/t23-,25-/m0/s1. The highest BCUT2D eigenvalue weighted by Gasteiger charge is 2.41. The number of rotatable bonds is 5. The van der Waals surface area contributed by atoms with E-state index >= 15 is 0 Å². The number of amides is 1. The summed E-state index contributed by atoms with van der Waals surface area (Å²) in [5.74, 6) is -0.257. The molecule has 32 heavy (non-hydrogen) atoms. The molecule has 0 saturated carbocycles. The van der Waals surface area contributed by atoms with E-state index in [1.54, 1.807) is 12.4 Å². The molecule has 2 aliphatic heterocycles. The first-order chi connectivity index (χ1) is 15.7. The molecule has 5 nitrogen and oxygen atoms in total. The number of hydrogen-bond acceptors (Lipinski definition) is 4. The fourth-order valence-corrected chi connectivity index (χ4v) is 4.93. The number of para-hydroxylation sites is 1. The molecule has 1 fully saturated rings. The van der Waals surface area contributed by atoms with Gasteiger partial charge < -0.3 is 10.2 Å². The number of hydrogen-bond donors (Lipinski definition) is 1. The molecule has 1 saturated heterocycles. The molecule has 1 aromatic heterocycles. The van der Waals surface area contributed by atoms with Gasteiger partial charge in [-0.05, 0) is 47.4 Å². The van der Waals surface area contributed by atoms with E-state index in [2.05, 4.69) is 44.4 Å². The van der Waals surface area contributed by atoms with Crippen molar-refractivity contribution in [3.8, 4) is 0 Å². The van der Waals surface area contributed by atoms with Crippen LogP contribution in [-0.2, 0) is 24.3 Å². The van der Waals surface area contributed by atoms with Crippen LogP contribution in [0.5, 0.6) is 0 Å². The summed E-state index contributed by atoms with van der Waals surface area (Å²) in [7, 11) is 0. The average molecular weight is 431 g/mol. The van der Waals surface area contributed by atoms with Gasteiger partial charge in [0, 0.05) is 50.8 Å². The topological polar surface area (TPSA) is 48.5 Å². The lowest BCUT2D eigenvalue weighted by Crippen LogP contribution is -2.60. The highest BCUT2D eigenvalue weighted by atomic mass is 19.1. The number of benzene rings is 2. The van der Waals surface area contributed by atoms with Gasteiger partial charge in [0.15, 0.2) is 0 Å². The third-order valence-corrected chi connectivity index (χ3v) is 6.55. The van der Waals surface area contributed by atoms with Crippen molar-refractivity contribution in [2.45, 2.75) is 25.6 Å². The molecule has 0 bridgehead atoms. The van der Waals surface area contributed by atoms with Crippen molar-refractivity contribution in [1.29, 1.82) is 0 Å². The molecule has 2 aromatic carbocycles. The van der Waals surface area contributed by atoms with Gasteiger partial charge in [-0.2, -0.15) is 0 Å². The van der Waals surface area contributed by atoms with E-state index in [-0.39, 0.29) is 23.7 Å². The third kappa shape index (κ3) is 4.36. The molecule has 5 rings (SSSR count). The number of fused-ring (bicyclic) bond motifs is 3. The van der Waals surface area contributed by atoms with E-state index in [0.29, 0.717) is 6.54 Å². The van der Waals surface area contributed by atoms with Crippen molar-refractivity contribution in [1.82, 2.24) is 15.2 Å².